The van der Waals surface area contributed by atoms with Gasteiger partial charge < -0.3 is 10.1 Å². The highest BCUT2D eigenvalue weighted by atomic mass is 16.5. The molecule has 0 aliphatic heterocycles. The molecule has 1 rings (SSSR count). The summed E-state index contributed by atoms with van der Waals surface area (Å²) in [6, 6.07) is 0.245. The van der Waals surface area contributed by atoms with E-state index < -0.39 is 0 Å². The Labute approximate surface area is 104 Å². The quantitative estimate of drug-likeness (QED) is 0.750. The average molecular weight is 240 g/mol. The van der Waals surface area contributed by atoms with Crippen molar-refractivity contribution in [2.45, 2.75) is 39.3 Å². The largest absolute Gasteiger partial charge is 0.384 e. The first-order valence-corrected chi connectivity index (χ1v) is 6.26. The Bertz CT molecular complexity index is 313. The van der Waals surface area contributed by atoms with Gasteiger partial charge in [-0.1, -0.05) is 13.8 Å². The van der Waals surface area contributed by atoms with Crippen molar-refractivity contribution in [1.82, 2.24) is 20.1 Å². The molecule has 0 aromatic carbocycles. The monoisotopic (exact) mass is 240 g/mol. The van der Waals surface area contributed by atoms with E-state index >= 15 is 0 Å². The summed E-state index contributed by atoms with van der Waals surface area (Å²) < 4.78 is 7.16. The van der Waals surface area contributed by atoms with E-state index in [-0.39, 0.29) is 6.04 Å². The smallest absolute Gasteiger partial charge is 0.143 e. The Morgan fingerprint density at radius 3 is 2.88 bits per heavy atom. The molecule has 0 amide bonds. The molecule has 5 heteroatoms. The molecule has 0 spiro atoms. The Morgan fingerprint density at radius 1 is 1.53 bits per heavy atom. The van der Waals surface area contributed by atoms with Gasteiger partial charge in [0, 0.05) is 20.3 Å². The molecular formula is C12H24N4O. The van der Waals surface area contributed by atoms with Gasteiger partial charge in [-0.25, -0.2) is 9.67 Å². The Morgan fingerprint density at radius 2 is 2.29 bits per heavy atom. The van der Waals surface area contributed by atoms with Crippen LogP contribution in [-0.2, 0) is 11.3 Å². The second kappa shape index (κ2) is 7.40. The van der Waals surface area contributed by atoms with E-state index in [1.165, 1.54) is 0 Å². The van der Waals surface area contributed by atoms with E-state index in [0.717, 1.165) is 31.8 Å². The SMILES string of the molecule is CCCn1ncnc1C(CC(C)COC)NC. The van der Waals surface area contributed by atoms with Crippen LogP contribution < -0.4 is 5.32 Å². The fourth-order valence-corrected chi connectivity index (χ4v) is 2.03. The maximum Gasteiger partial charge on any atom is 0.143 e. The highest BCUT2D eigenvalue weighted by molar-refractivity contribution is 4.94. The van der Waals surface area contributed by atoms with Crippen molar-refractivity contribution in [1.29, 1.82) is 0 Å². The van der Waals surface area contributed by atoms with Crippen LogP contribution in [0.4, 0.5) is 0 Å². The molecule has 1 aromatic rings. The van der Waals surface area contributed by atoms with Crippen LogP contribution in [0, 0.1) is 5.92 Å². The van der Waals surface area contributed by atoms with E-state index in [2.05, 4.69) is 29.2 Å². The molecule has 0 aliphatic carbocycles. The van der Waals surface area contributed by atoms with Gasteiger partial charge in [0.15, 0.2) is 0 Å². The van der Waals surface area contributed by atoms with E-state index in [1.807, 2.05) is 11.7 Å². The van der Waals surface area contributed by atoms with Gasteiger partial charge in [-0.2, -0.15) is 5.10 Å². The van der Waals surface area contributed by atoms with Crippen LogP contribution in [0.5, 0.6) is 0 Å². The minimum absolute atomic E-state index is 0.245. The van der Waals surface area contributed by atoms with E-state index in [0.29, 0.717) is 5.92 Å². The standard InChI is InChI=1S/C12H24N4O/c1-5-6-16-12(14-9-15-16)11(13-3)7-10(2)8-17-4/h9-11,13H,5-8H2,1-4H3. The molecule has 0 aliphatic rings. The summed E-state index contributed by atoms with van der Waals surface area (Å²) in [7, 11) is 3.71. The molecular weight excluding hydrogens is 216 g/mol. The van der Waals surface area contributed by atoms with E-state index in [1.54, 1.807) is 13.4 Å². The number of hydrogen-bond acceptors (Lipinski definition) is 4. The predicted molar refractivity (Wildman–Crippen MR) is 67.8 cm³/mol. The number of ether oxygens (including phenoxy) is 1. The van der Waals surface area contributed by atoms with Gasteiger partial charge >= 0.3 is 0 Å². The fraction of sp³-hybridized carbons (Fsp3) is 0.833. The van der Waals surface area contributed by atoms with E-state index in [4.69, 9.17) is 4.74 Å². The molecule has 5 nitrogen and oxygen atoms in total. The number of methoxy groups -OCH3 is 1. The maximum absolute atomic E-state index is 5.17. The molecule has 0 bridgehead atoms. The van der Waals surface area contributed by atoms with Crippen molar-refractivity contribution in [3.8, 4) is 0 Å². The molecule has 1 heterocycles. The van der Waals surface area contributed by atoms with Crippen molar-refractivity contribution in [2.24, 2.45) is 5.92 Å². The highest BCUT2D eigenvalue weighted by Crippen LogP contribution is 2.19. The number of aromatic nitrogens is 3. The van der Waals surface area contributed by atoms with Crippen LogP contribution in [0.15, 0.2) is 6.33 Å². The van der Waals surface area contributed by atoms with Gasteiger partial charge in [0.1, 0.15) is 12.2 Å². The Hall–Kier alpha value is -0.940. The van der Waals surface area contributed by atoms with Crippen molar-refractivity contribution in [2.75, 3.05) is 20.8 Å². The first-order valence-electron chi connectivity index (χ1n) is 6.26. The van der Waals surface area contributed by atoms with Gasteiger partial charge in [0.05, 0.1) is 6.04 Å². The average Bonchev–Trinajstić information content (AvgIpc) is 2.75. The summed E-state index contributed by atoms with van der Waals surface area (Å²) in [5, 5.41) is 7.58. The minimum Gasteiger partial charge on any atom is -0.384 e. The minimum atomic E-state index is 0.245. The lowest BCUT2D eigenvalue weighted by molar-refractivity contribution is 0.149. The van der Waals surface area contributed by atoms with Crippen molar-refractivity contribution < 1.29 is 4.74 Å². The van der Waals surface area contributed by atoms with E-state index in [9.17, 15) is 0 Å². The lowest BCUT2D eigenvalue weighted by atomic mass is 10.0. The van der Waals surface area contributed by atoms with Crippen LogP contribution in [-0.4, -0.2) is 35.5 Å². The van der Waals surface area contributed by atoms with Gasteiger partial charge in [0.25, 0.3) is 0 Å². The van der Waals surface area contributed by atoms with Gasteiger partial charge in [-0.05, 0) is 25.8 Å². The zero-order valence-corrected chi connectivity index (χ0v) is 11.3. The van der Waals surface area contributed by atoms with Crippen LogP contribution >= 0.6 is 0 Å². The highest BCUT2D eigenvalue weighted by Gasteiger charge is 2.18. The molecule has 0 fully saturated rings. The number of nitrogens with zero attached hydrogens (tertiary/aromatic N) is 3. The first-order chi connectivity index (χ1) is 8.22. The number of aryl methyl sites for hydroxylation is 1. The molecule has 2 unspecified atom stereocenters. The van der Waals surface area contributed by atoms with Gasteiger partial charge in [-0.15, -0.1) is 0 Å². The summed E-state index contributed by atoms with van der Waals surface area (Å²) in [4.78, 5) is 4.37. The fourth-order valence-electron chi connectivity index (χ4n) is 2.03. The zero-order chi connectivity index (χ0) is 12.7. The zero-order valence-electron chi connectivity index (χ0n) is 11.3. The lowest BCUT2D eigenvalue weighted by Gasteiger charge is -2.20. The number of nitrogens with one attached hydrogen (secondary N) is 1. The van der Waals surface area contributed by atoms with Crippen molar-refractivity contribution in [3.63, 3.8) is 0 Å². The van der Waals surface area contributed by atoms with Crippen LogP contribution in [0.1, 0.15) is 38.6 Å². The Balaban J connectivity index is 2.68. The number of hydrogen-bond donors (Lipinski definition) is 1. The summed E-state index contributed by atoms with van der Waals surface area (Å²) in [6.07, 6.45) is 3.71. The molecule has 1 N–H and O–H groups in total. The van der Waals surface area contributed by atoms with Crippen molar-refractivity contribution in [3.05, 3.63) is 12.2 Å². The second-order valence-electron chi connectivity index (χ2n) is 4.48. The van der Waals surface area contributed by atoms with Crippen LogP contribution in [0.25, 0.3) is 0 Å². The lowest BCUT2D eigenvalue weighted by Crippen LogP contribution is -2.24. The number of rotatable bonds is 8. The predicted octanol–water partition coefficient (Wildman–Crippen LogP) is 1.62. The molecule has 2 atom stereocenters. The molecule has 0 radical (unpaired) electrons. The second-order valence-corrected chi connectivity index (χ2v) is 4.48. The third-order valence-corrected chi connectivity index (χ3v) is 2.83. The molecule has 0 saturated carbocycles. The van der Waals surface area contributed by atoms with Crippen LogP contribution in [0.3, 0.4) is 0 Å². The summed E-state index contributed by atoms with van der Waals surface area (Å²) in [5.41, 5.74) is 0. The topological polar surface area (TPSA) is 52.0 Å². The maximum atomic E-state index is 5.17. The normalized spacial score (nSPS) is 14.8. The first kappa shape index (κ1) is 14.1. The molecule has 17 heavy (non-hydrogen) atoms. The summed E-state index contributed by atoms with van der Waals surface area (Å²) in [5.74, 6) is 1.53. The van der Waals surface area contributed by atoms with Gasteiger partial charge in [0.2, 0.25) is 0 Å². The third-order valence-electron chi connectivity index (χ3n) is 2.83. The molecule has 1 aromatic heterocycles. The summed E-state index contributed by atoms with van der Waals surface area (Å²) >= 11 is 0. The van der Waals surface area contributed by atoms with Crippen LogP contribution in [0.2, 0.25) is 0 Å². The Kier molecular flexibility index (Phi) is 6.15. The molecule has 0 saturated heterocycles. The van der Waals surface area contributed by atoms with Gasteiger partial charge in [-0.3, -0.25) is 0 Å². The molecule has 98 valence electrons. The third kappa shape index (κ3) is 4.09. The van der Waals surface area contributed by atoms with Crippen molar-refractivity contribution >= 4 is 0 Å². The summed E-state index contributed by atoms with van der Waals surface area (Å²) in [6.45, 7) is 6.04.